The first-order valence-electron chi connectivity index (χ1n) is 9.59. The number of hydrogen-bond donors (Lipinski definition) is 1. The first kappa shape index (κ1) is 22.3. The lowest BCUT2D eigenvalue weighted by Gasteiger charge is -2.09. The average Bonchev–Trinajstić information content (AvgIpc) is 3.12. The Morgan fingerprint density at radius 3 is 2.39 bits per heavy atom. The Labute approximate surface area is 176 Å². The van der Waals surface area contributed by atoms with Gasteiger partial charge in [-0.05, 0) is 61.4 Å². The third-order valence-corrected chi connectivity index (χ3v) is 4.54. The maximum atomic E-state index is 12.9. The number of ether oxygens (including phenoxy) is 1. The van der Waals surface area contributed by atoms with Crippen molar-refractivity contribution in [1.29, 1.82) is 0 Å². The van der Waals surface area contributed by atoms with Crippen molar-refractivity contribution in [3.05, 3.63) is 82.9 Å². The Morgan fingerprint density at radius 1 is 1.10 bits per heavy atom. The second-order valence-corrected chi connectivity index (χ2v) is 6.94. The Morgan fingerprint density at radius 2 is 1.77 bits per heavy atom. The normalized spacial score (nSPS) is 11.4. The van der Waals surface area contributed by atoms with Crippen LogP contribution in [-0.2, 0) is 19.3 Å². The smallest absolute Gasteiger partial charge is 0.435 e. The van der Waals surface area contributed by atoms with Gasteiger partial charge in [0.2, 0.25) is 0 Å². The third-order valence-electron chi connectivity index (χ3n) is 4.54. The molecule has 0 fully saturated rings. The SMILES string of the molecule is Cc1cc(C(F)(F)F)nn1CCCNC(=O)c1ccc(COc2ccc(F)cc2)cc1. The molecular formula is C22H21F4N3O2. The van der Waals surface area contributed by atoms with E-state index in [1.165, 1.54) is 28.9 Å². The van der Waals surface area contributed by atoms with E-state index in [9.17, 15) is 22.4 Å². The lowest BCUT2D eigenvalue weighted by atomic mass is 10.1. The van der Waals surface area contributed by atoms with E-state index in [-0.39, 0.29) is 24.9 Å². The van der Waals surface area contributed by atoms with Gasteiger partial charge in [0, 0.05) is 24.3 Å². The van der Waals surface area contributed by atoms with Crippen molar-refractivity contribution in [3.8, 4) is 5.75 Å². The van der Waals surface area contributed by atoms with Gasteiger partial charge >= 0.3 is 6.18 Å². The maximum Gasteiger partial charge on any atom is 0.435 e. The monoisotopic (exact) mass is 435 g/mol. The zero-order chi connectivity index (χ0) is 22.4. The van der Waals surface area contributed by atoms with Gasteiger partial charge in [-0.3, -0.25) is 9.48 Å². The molecule has 9 heteroatoms. The Kier molecular flexibility index (Phi) is 6.94. The number of carbonyl (C=O) groups is 1. The lowest BCUT2D eigenvalue weighted by molar-refractivity contribution is -0.141. The fourth-order valence-electron chi connectivity index (χ4n) is 2.86. The molecule has 0 aliphatic heterocycles. The number of nitrogens with zero attached hydrogens (tertiary/aromatic N) is 2. The van der Waals surface area contributed by atoms with Gasteiger partial charge in [-0.15, -0.1) is 0 Å². The highest BCUT2D eigenvalue weighted by Gasteiger charge is 2.34. The van der Waals surface area contributed by atoms with Gasteiger partial charge in [0.15, 0.2) is 5.69 Å². The average molecular weight is 435 g/mol. The summed E-state index contributed by atoms with van der Waals surface area (Å²) in [6, 6.07) is 13.5. The van der Waals surface area contributed by atoms with Gasteiger partial charge in [-0.25, -0.2) is 4.39 Å². The minimum Gasteiger partial charge on any atom is -0.489 e. The second kappa shape index (κ2) is 9.63. The van der Waals surface area contributed by atoms with Crippen LogP contribution < -0.4 is 10.1 Å². The highest BCUT2D eigenvalue weighted by molar-refractivity contribution is 5.94. The Hall–Kier alpha value is -3.36. The number of carbonyl (C=O) groups excluding carboxylic acids is 1. The number of halogens is 4. The van der Waals surface area contributed by atoms with Gasteiger partial charge < -0.3 is 10.1 Å². The van der Waals surface area contributed by atoms with Crippen molar-refractivity contribution in [2.45, 2.75) is 32.7 Å². The van der Waals surface area contributed by atoms with Crippen molar-refractivity contribution >= 4 is 5.91 Å². The number of alkyl halides is 3. The minimum absolute atomic E-state index is 0.266. The van der Waals surface area contributed by atoms with E-state index in [4.69, 9.17) is 4.74 Å². The van der Waals surface area contributed by atoms with E-state index in [1.54, 1.807) is 31.2 Å². The minimum atomic E-state index is -4.47. The van der Waals surface area contributed by atoms with Crippen LogP contribution in [-0.4, -0.2) is 22.2 Å². The van der Waals surface area contributed by atoms with Crippen molar-refractivity contribution in [2.75, 3.05) is 6.54 Å². The summed E-state index contributed by atoms with van der Waals surface area (Å²) in [6.07, 6.45) is -4.03. The molecule has 0 unspecified atom stereocenters. The quantitative estimate of drug-likeness (QED) is 0.411. The van der Waals surface area contributed by atoms with Crippen LogP contribution in [0.25, 0.3) is 0 Å². The van der Waals surface area contributed by atoms with Gasteiger partial charge in [0.25, 0.3) is 5.91 Å². The molecular weight excluding hydrogens is 414 g/mol. The van der Waals surface area contributed by atoms with E-state index in [2.05, 4.69) is 10.4 Å². The lowest BCUT2D eigenvalue weighted by Crippen LogP contribution is -2.25. The summed E-state index contributed by atoms with van der Waals surface area (Å²) in [5.41, 5.74) is 0.797. The highest BCUT2D eigenvalue weighted by atomic mass is 19.4. The van der Waals surface area contributed by atoms with E-state index in [0.717, 1.165) is 11.6 Å². The Balaban J connectivity index is 1.43. The summed E-state index contributed by atoms with van der Waals surface area (Å²) < 4.78 is 57.8. The van der Waals surface area contributed by atoms with Gasteiger partial charge in [-0.2, -0.15) is 18.3 Å². The highest BCUT2D eigenvalue weighted by Crippen LogP contribution is 2.28. The fourth-order valence-corrected chi connectivity index (χ4v) is 2.86. The first-order chi connectivity index (χ1) is 14.7. The first-order valence-corrected chi connectivity index (χ1v) is 9.59. The number of aryl methyl sites for hydroxylation is 2. The predicted molar refractivity (Wildman–Crippen MR) is 106 cm³/mol. The van der Waals surface area contributed by atoms with Crippen LogP contribution in [0.3, 0.4) is 0 Å². The molecule has 1 N–H and O–H groups in total. The summed E-state index contributed by atoms with van der Waals surface area (Å²) >= 11 is 0. The summed E-state index contributed by atoms with van der Waals surface area (Å²) in [4.78, 5) is 12.2. The molecule has 164 valence electrons. The van der Waals surface area contributed by atoms with Crippen LogP contribution in [0.1, 0.15) is 33.7 Å². The molecule has 0 radical (unpaired) electrons. The molecule has 0 aliphatic carbocycles. The molecule has 0 atom stereocenters. The van der Waals surface area contributed by atoms with Crippen molar-refractivity contribution < 1.29 is 27.1 Å². The Bertz CT molecular complexity index is 1010. The molecule has 31 heavy (non-hydrogen) atoms. The molecule has 3 rings (SSSR count). The molecule has 0 aliphatic rings. The molecule has 0 saturated carbocycles. The molecule has 1 aromatic heterocycles. The zero-order valence-electron chi connectivity index (χ0n) is 16.7. The summed E-state index contributed by atoms with van der Waals surface area (Å²) in [5.74, 6) is -0.0781. The molecule has 1 amide bonds. The maximum absolute atomic E-state index is 12.9. The molecule has 0 saturated heterocycles. The number of benzene rings is 2. The molecule has 1 heterocycles. The van der Waals surface area contributed by atoms with Gasteiger partial charge in [0.1, 0.15) is 18.2 Å². The van der Waals surface area contributed by atoms with E-state index < -0.39 is 11.9 Å². The van der Waals surface area contributed by atoms with Crippen molar-refractivity contribution in [2.24, 2.45) is 0 Å². The van der Waals surface area contributed by atoms with E-state index in [1.807, 2.05) is 0 Å². The van der Waals surface area contributed by atoms with Crippen LogP contribution in [0.2, 0.25) is 0 Å². The predicted octanol–water partition coefficient (Wildman–Crippen LogP) is 4.75. The standard InChI is InChI=1S/C22H21F4N3O2/c1-15-13-20(22(24,25)26)28-29(15)12-2-11-27-21(30)17-5-3-16(4-6-17)14-31-19-9-7-18(23)8-10-19/h3-10,13H,2,11-12,14H2,1H3,(H,27,30). The van der Waals surface area contributed by atoms with E-state index >= 15 is 0 Å². The summed E-state index contributed by atoms with van der Waals surface area (Å²) in [6.45, 7) is 2.40. The van der Waals surface area contributed by atoms with Crippen LogP contribution in [0.15, 0.2) is 54.6 Å². The van der Waals surface area contributed by atoms with Crippen molar-refractivity contribution in [1.82, 2.24) is 15.1 Å². The van der Waals surface area contributed by atoms with Crippen LogP contribution >= 0.6 is 0 Å². The molecule has 2 aromatic carbocycles. The van der Waals surface area contributed by atoms with Crippen molar-refractivity contribution in [3.63, 3.8) is 0 Å². The number of nitrogens with one attached hydrogen (secondary N) is 1. The van der Waals surface area contributed by atoms with Crippen LogP contribution in [0.4, 0.5) is 17.6 Å². The molecule has 0 spiro atoms. The third kappa shape index (κ3) is 6.31. The summed E-state index contributed by atoms with van der Waals surface area (Å²) in [7, 11) is 0. The molecule has 3 aromatic rings. The molecule has 0 bridgehead atoms. The zero-order valence-corrected chi connectivity index (χ0v) is 16.7. The number of rotatable bonds is 8. The molecule has 5 nitrogen and oxygen atoms in total. The largest absolute Gasteiger partial charge is 0.489 e. The number of amides is 1. The van der Waals surface area contributed by atoms with Gasteiger partial charge in [0.05, 0.1) is 0 Å². The van der Waals surface area contributed by atoms with Gasteiger partial charge in [-0.1, -0.05) is 12.1 Å². The summed E-state index contributed by atoms with van der Waals surface area (Å²) in [5, 5.41) is 6.30. The second-order valence-electron chi connectivity index (χ2n) is 6.94. The number of hydrogen-bond acceptors (Lipinski definition) is 3. The van der Waals surface area contributed by atoms with Crippen LogP contribution in [0, 0.1) is 12.7 Å². The van der Waals surface area contributed by atoms with E-state index in [0.29, 0.717) is 30.0 Å². The topological polar surface area (TPSA) is 56.2 Å². The van der Waals surface area contributed by atoms with Crippen LogP contribution in [0.5, 0.6) is 5.75 Å². The fraction of sp³-hybridized carbons (Fsp3) is 0.273. The number of aromatic nitrogens is 2.